The molecule has 0 saturated carbocycles. The van der Waals surface area contributed by atoms with Gasteiger partial charge in [0.15, 0.2) is 0 Å². The number of rotatable bonds is 1. The molecule has 0 spiro atoms. The van der Waals surface area contributed by atoms with E-state index in [1.807, 2.05) is 18.5 Å². The summed E-state index contributed by atoms with van der Waals surface area (Å²) in [6.45, 7) is 0.677. The normalized spacial score (nSPS) is 22.9. The van der Waals surface area contributed by atoms with E-state index in [9.17, 15) is 4.79 Å². The van der Waals surface area contributed by atoms with Gasteiger partial charge in [0.1, 0.15) is 0 Å². The van der Waals surface area contributed by atoms with Crippen molar-refractivity contribution in [2.24, 2.45) is 0 Å². The second kappa shape index (κ2) is 2.30. The molecule has 1 aliphatic rings. The molecule has 58 valence electrons. The number of amides is 2. The summed E-state index contributed by atoms with van der Waals surface area (Å²) < 4.78 is 0. The fourth-order valence-electron chi connectivity index (χ4n) is 1.21. The topological polar surface area (TPSA) is 56.9 Å². The molecule has 3 N–H and O–H groups in total. The number of nitrogens with one attached hydrogen (secondary N) is 3. The lowest BCUT2D eigenvalue weighted by Crippen LogP contribution is -2.21. The van der Waals surface area contributed by atoms with Gasteiger partial charge >= 0.3 is 6.03 Å². The van der Waals surface area contributed by atoms with Crippen molar-refractivity contribution < 1.29 is 4.79 Å². The van der Waals surface area contributed by atoms with Crippen LogP contribution in [0.5, 0.6) is 0 Å². The molecule has 4 heteroatoms. The van der Waals surface area contributed by atoms with E-state index in [1.165, 1.54) is 0 Å². The van der Waals surface area contributed by atoms with E-state index in [2.05, 4.69) is 15.6 Å². The minimum atomic E-state index is -0.0869. The molecule has 0 bridgehead atoms. The standard InChI is InChI=1S/C7H9N3O/c11-7-9-4-6(10-7)5-1-2-8-3-5/h1-3,6,8H,4H2,(H2,9,10,11). The Balaban J connectivity index is 2.13. The minimum Gasteiger partial charge on any atom is -0.367 e. The fraction of sp³-hybridized carbons (Fsp3) is 0.286. The number of hydrogen-bond acceptors (Lipinski definition) is 1. The molecule has 2 rings (SSSR count). The molecule has 4 nitrogen and oxygen atoms in total. The van der Waals surface area contributed by atoms with Crippen LogP contribution in [0.2, 0.25) is 0 Å². The Morgan fingerprint density at radius 1 is 1.55 bits per heavy atom. The number of aromatic amines is 1. The molecule has 2 heterocycles. The van der Waals surface area contributed by atoms with Gasteiger partial charge in [-0.25, -0.2) is 4.79 Å². The van der Waals surface area contributed by atoms with Crippen molar-refractivity contribution in [3.8, 4) is 0 Å². The molecule has 0 aliphatic carbocycles. The Labute approximate surface area is 64.0 Å². The highest BCUT2D eigenvalue weighted by Gasteiger charge is 2.21. The Hall–Kier alpha value is -1.45. The van der Waals surface area contributed by atoms with Gasteiger partial charge in [0, 0.05) is 18.9 Å². The summed E-state index contributed by atoms with van der Waals surface area (Å²) in [5, 5.41) is 5.48. The predicted octanol–water partition coefficient (Wildman–Crippen LogP) is 0.369. The molecule has 1 aromatic rings. The Bertz CT molecular complexity index is 255. The molecule has 1 fully saturated rings. The number of carbonyl (C=O) groups is 1. The average molecular weight is 151 g/mol. The van der Waals surface area contributed by atoms with Crippen molar-refractivity contribution in [2.75, 3.05) is 6.54 Å². The van der Waals surface area contributed by atoms with E-state index >= 15 is 0 Å². The fourth-order valence-corrected chi connectivity index (χ4v) is 1.21. The van der Waals surface area contributed by atoms with E-state index in [1.54, 1.807) is 0 Å². The monoisotopic (exact) mass is 151 g/mol. The molecular weight excluding hydrogens is 142 g/mol. The van der Waals surface area contributed by atoms with Gasteiger partial charge in [0.25, 0.3) is 0 Å². The number of H-pyrrole nitrogens is 1. The smallest absolute Gasteiger partial charge is 0.315 e. The first kappa shape index (κ1) is 6.27. The average Bonchev–Trinajstić information content (AvgIpc) is 2.55. The highest BCUT2D eigenvalue weighted by molar-refractivity contribution is 5.76. The molecule has 1 saturated heterocycles. The molecule has 0 radical (unpaired) electrons. The van der Waals surface area contributed by atoms with E-state index in [0.717, 1.165) is 5.56 Å². The molecule has 1 aliphatic heterocycles. The number of aromatic nitrogens is 1. The molecular formula is C7H9N3O. The Morgan fingerprint density at radius 3 is 3.00 bits per heavy atom. The highest BCUT2D eigenvalue weighted by Crippen LogP contribution is 2.13. The maximum absolute atomic E-state index is 10.7. The zero-order valence-electron chi connectivity index (χ0n) is 5.92. The van der Waals surface area contributed by atoms with Crippen LogP contribution in [-0.4, -0.2) is 17.6 Å². The second-order valence-corrected chi connectivity index (χ2v) is 2.55. The van der Waals surface area contributed by atoms with Crippen LogP contribution in [0.3, 0.4) is 0 Å². The molecule has 0 aromatic carbocycles. The first-order valence-electron chi connectivity index (χ1n) is 3.53. The molecule has 1 aromatic heterocycles. The van der Waals surface area contributed by atoms with Crippen LogP contribution in [-0.2, 0) is 0 Å². The zero-order chi connectivity index (χ0) is 7.68. The number of hydrogen-bond donors (Lipinski definition) is 3. The lowest BCUT2D eigenvalue weighted by atomic mass is 10.2. The summed E-state index contributed by atoms with van der Waals surface area (Å²) in [7, 11) is 0. The summed E-state index contributed by atoms with van der Waals surface area (Å²) in [5.41, 5.74) is 1.11. The lowest BCUT2D eigenvalue weighted by molar-refractivity contribution is 0.247. The molecule has 2 amide bonds. The SMILES string of the molecule is O=C1NCC(c2cc[nH]c2)N1. The molecule has 1 atom stereocenters. The van der Waals surface area contributed by atoms with Gasteiger partial charge in [-0.1, -0.05) is 0 Å². The van der Waals surface area contributed by atoms with Gasteiger partial charge in [0.05, 0.1) is 6.04 Å². The third-order valence-corrected chi connectivity index (χ3v) is 1.80. The van der Waals surface area contributed by atoms with E-state index in [0.29, 0.717) is 6.54 Å². The molecule has 1 unspecified atom stereocenters. The summed E-state index contributed by atoms with van der Waals surface area (Å²) in [4.78, 5) is 13.7. The summed E-state index contributed by atoms with van der Waals surface area (Å²) >= 11 is 0. The first-order valence-corrected chi connectivity index (χ1v) is 3.53. The van der Waals surface area contributed by atoms with Crippen LogP contribution in [0.25, 0.3) is 0 Å². The quantitative estimate of drug-likeness (QED) is 0.533. The van der Waals surface area contributed by atoms with Crippen LogP contribution in [0.15, 0.2) is 18.5 Å². The van der Waals surface area contributed by atoms with Gasteiger partial charge in [-0.15, -0.1) is 0 Å². The van der Waals surface area contributed by atoms with Crippen molar-refractivity contribution >= 4 is 6.03 Å². The van der Waals surface area contributed by atoms with Crippen molar-refractivity contribution in [3.05, 3.63) is 24.0 Å². The maximum Gasteiger partial charge on any atom is 0.315 e. The van der Waals surface area contributed by atoms with Gasteiger partial charge in [-0.05, 0) is 11.6 Å². The van der Waals surface area contributed by atoms with E-state index < -0.39 is 0 Å². The van der Waals surface area contributed by atoms with Crippen LogP contribution in [0.1, 0.15) is 11.6 Å². The van der Waals surface area contributed by atoms with Gasteiger partial charge in [-0.2, -0.15) is 0 Å². The lowest BCUT2D eigenvalue weighted by Gasteiger charge is -2.03. The van der Waals surface area contributed by atoms with Crippen molar-refractivity contribution in [1.82, 2.24) is 15.6 Å². The summed E-state index contributed by atoms with van der Waals surface area (Å²) in [6.07, 6.45) is 3.73. The largest absolute Gasteiger partial charge is 0.367 e. The van der Waals surface area contributed by atoms with Crippen molar-refractivity contribution in [3.63, 3.8) is 0 Å². The van der Waals surface area contributed by atoms with E-state index in [4.69, 9.17) is 0 Å². The first-order chi connectivity index (χ1) is 5.36. The second-order valence-electron chi connectivity index (χ2n) is 2.55. The van der Waals surface area contributed by atoms with Crippen LogP contribution >= 0.6 is 0 Å². The Morgan fingerprint density at radius 2 is 2.45 bits per heavy atom. The van der Waals surface area contributed by atoms with Gasteiger partial charge in [0.2, 0.25) is 0 Å². The van der Waals surface area contributed by atoms with E-state index in [-0.39, 0.29) is 12.1 Å². The zero-order valence-corrected chi connectivity index (χ0v) is 5.92. The molecule has 11 heavy (non-hydrogen) atoms. The third kappa shape index (κ3) is 1.07. The van der Waals surface area contributed by atoms with Crippen LogP contribution in [0, 0.1) is 0 Å². The number of carbonyl (C=O) groups excluding carboxylic acids is 1. The van der Waals surface area contributed by atoms with Gasteiger partial charge < -0.3 is 15.6 Å². The summed E-state index contributed by atoms with van der Waals surface area (Å²) in [5.74, 6) is 0. The Kier molecular flexibility index (Phi) is 1.31. The number of urea groups is 1. The minimum absolute atomic E-state index is 0.0869. The summed E-state index contributed by atoms with van der Waals surface area (Å²) in [6, 6.07) is 2.00. The predicted molar refractivity (Wildman–Crippen MR) is 40.1 cm³/mol. The van der Waals surface area contributed by atoms with Gasteiger partial charge in [-0.3, -0.25) is 0 Å². The van der Waals surface area contributed by atoms with Crippen LogP contribution < -0.4 is 10.6 Å². The van der Waals surface area contributed by atoms with Crippen molar-refractivity contribution in [1.29, 1.82) is 0 Å². The van der Waals surface area contributed by atoms with Crippen molar-refractivity contribution in [2.45, 2.75) is 6.04 Å². The third-order valence-electron chi connectivity index (χ3n) is 1.80. The highest BCUT2D eigenvalue weighted by atomic mass is 16.2. The maximum atomic E-state index is 10.7. The van der Waals surface area contributed by atoms with Crippen LogP contribution in [0.4, 0.5) is 4.79 Å².